The van der Waals surface area contributed by atoms with Crippen LogP contribution in [0.3, 0.4) is 0 Å². The Kier molecular flexibility index (Phi) is 3.49. The Bertz CT molecular complexity index is 440. The minimum Gasteiger partial charge on any atom is -0.310 e. The van der Waals surface area contributed by atoms with Crippen molar-refractivity contribution in [3.05, 3.63) is 29.6 Å². The van der Waals surface area contributed by atoms with Crippen molar-refractivity contribution in [2.75, 3.05) is 13.1 Å². The van der Waals surface area contributed by atoms with Crippen molar-refractivity contribution in [3.8, 4) is 0 Å². The predicted molar refractivity (Wildman–Crippen MR) is 80.2 cm³/mol. The maximum atomic E-state index is 4.65. The number of fused-ring (bicyclic) bond motifs is 1. The van der Waals surface area contributed by atoms with E-state index < -0.39 is 0 Å². The van der Waals surface area contributed by atoms with E-state index in [0.717, 1.165) is 31.0 Å². The molecule has 3 fully saturated rings. The van der Waals surface area contributed by atoms with Gasteiger partial charge in [-0.25, -0.2) is 0 Å². The Balaban J connectivity index is 1.30. The fraction of sp³-hybridized carbons (Fsp3) is 0.706. The molecule has 4 rings (SSSR count). The summed E-state index contributed by atoms with van der Waals surface area (Å²) in [5, 5.41) is 3.54. The van der Waals surface area contributed by atoms with Gasteiger partial charge in [-0.2, -0.15) is 0 Å². The van der Waals surface area contributed by atoms with Crippen LogP contribution in [0, 0.1) is 11.8 Å². The third kappa shape index (κ3) is 2.89. The average Bonchev–Trinajstić information content (AvgIpc) is 3.06. The zero-order valence-electron chi connectivity index (χ0n) is 12.2. The zero-order chi connectivity index (χ0) is 13.4. The summed E-state index contributed by atoms with van der Waals surface area (Å²) in [6.07, 6.45) is 9.14. The van der Waals surface area contributed by atoms with Gasteiger partial charge in [0.25, 0.3) is 0 Å². The highest BCUT2D eigenvalue weighted by Gasteiger charge is 2.35. The van der Waals surface area contributed by atoms with Crippen LogP contribution in [0.4, 0.5) is 0 Å². The summed E-state index contributed by atoms with van der Waals surface area (Å²) in [6, 6.07) is 5.24. The van der Waals surface area contributed by atoms with Gasteiger partial charge in [0.05, 0.1) is 5.69 Å². The van der Waals surface area contributed by atoms with Gasteiger partial charge in [-0.1, -0.05) is 12.5 Å². The maximum Gasteiger partial charge on any atom is 0.0544 e. The molecule has 2 unspecified atom stereocenters. The lowest BCUT2D eigenvalue weighted by molar-refractivity contribution is 0.300. The Morgan fingerprint density at radius 2 is 1.90 bits per heavy atom. The van der Waals surface area contributed by atoms with Crippen LogP contribution in [0.2, 0.25) is 0 Å². The summed E-state index contributed by atoms with van der Waals surface area (Å²) in [5.41, 5.74) is 2.55. The third-order valence-electron chi connectivity index (χ3n) is 5.25. The van der Waals surface area contributed by atoms with Gasteiger partial charge in [0, 0.05) is 38.4 Å². The molecule has 3 nitrogen and oxygen atoms in total. The van der Waals surface area contributed by atoms with Crippen LogP contribution in [0.25, 0.3) is 0 Å². The quantitative estimate of drug-likeness (QED) is 0.892. The lowest BCUT2D eigenvalue weighted by atomic mass is 10.0. The number of aromatic nitrogens is 1. The molecule has 3 heteroatoms. The number of hydrogen-bond acceptors (Lipinski definition) is 3. The molecule has 1 saturated heterocycles. The van der Waals surface area contributed by atoms with Crippen LogP contribution in [-0.2, 0) is 13.1 Å². The summed E-state index contributed by atoms with van der Waals surface area (Å²) >= 11 is 0. The minimum absolute atomic E-state index is 0.777. The molecule has 2 aliphatic carbocycles. The molecule has 2 heterocycles. The van der Waals surface area contributed by atoms with Gasteiger partial charge < -0.3 is 5.32 Å². The van der Waals surface area contributed by atoms with Gasteiger partial charge in [-0.15, -0.1) is 0 Å². The van der Waals surface area contributed by atoms with Crippen molar-refractivity contribution >= 4 is 0 Å². The molecule has 0 amide bonds. The second kappa shape index (κ2) is 5.45. The SMILES string of the molecule is c1cc(CN2CC3CCCC3C2)ncc1CNC1CC1. The van der Waals surface area contributed by atoms with E-state index in [0.29, 0.717) is 0 Å². The fourth-order valence-electron chi connectivity index (χ4n) is 3.89. The molecule has 20 heavy (non-hydrogen) atoms. The van der Waals surface area contributed by atoms with E-state index in [1.165, 1.54) is 56.5 Å². The number of nitrogens with one attached hydrogen (secondary N) is 1. The van der Waals surface area contributed by atoms with Crippen molar-refractivity contribution in [2.24, 2.45) is 11.8 Å². The summed E-state index contributed by atoms with van der Waals surface area (Å²) < 4.78 is 0. The largest absolute Gasteiger partial charge is 0.310 e. The smallest absolute Gasteiger partial charge is 0.0544 e. The monoisotopic (exact) mass is 271 g/mol. The summed E-state index contributed by atoms with van der Waals surface area (Å²) in [7, 11) is 0. The molecule has 3 aliphatic rings. The van der Waals surface area contributed by atoms with Crippen LogP contribution in [0.5, 0.6) is 0 Å². The molecule has 0 aromatic carbocycles. The molecule has 0 radical (unpaired) electrons. The Hall–Kier alpha value is -0.930. The summed E-state index contributed by atoms with van der Waals surface area (Å²) in [6.45, 7) is 4.63. The topological polar surface area (TPSA) is 28.2 Å². The summed E-state index contributed by atoms with van der Waals surface area (Å²) in [5.74, 6) is 1.97. The van der Waals surface area contributed by atoms with Crippen molar-refractivity contribution in [1.29, 1.82) is 0 Å². The molecule has 1 aromatic heterocycles. The van der Waals surface area contributed by atoms with E-state index in [1.54, 1.807) is 0 Å². The second-order valence-electron chi connectivity index (χ2n) is 6.96. The van der Waals surface area contributed by atoms with E-state index in [-0.39, 0.29) is 0 Å². The highest BCUT2D eigenvalue weighted by Crippen LogP contribution is 2.38. The van der Waals surface area contributed by atoms with Crippen LogP contribution in [-0.4, -0.2) is 29.0 Å². The van der Waals surface area contributed by atoms with E-state index >= 15 is 0 Å². The highest BCUT2D eigenvalue weighted by molar-refractivity contribution is 5.14. The highest BCUT2D eigenvalue weighted by atomic mass is 15.2. The first kappa shape index (κ1) is 12.8. The van der Waals surface area contributed by atoms with Gasteiger partial charge in [-0.3, -0.25) is 9.88 Å². The standard InChI is InChI=1S/C17H25N3/c1-2-14-10-20(11-15(14)3-1)12-17-5-4-13(9-19-17)8-18-16-6-7-16/h4-5,9,14-16,18H,1-3,6-8,10-12H2. The molecule has 108 valence electrons. The van der Waals surface area contributed by atoms with Gasteiger partial charge in [0.2, 0.25) is 0 Å². The number of rotatable bonds is 5. The van der Waals surface area contributed by atoms with Gasteiger partial charge in [0.1, 0.15) is 0 Å². The number of likely N-dealkylation sites (tertiary alicyclic amines) is 1. The Morgan fingerprint density at radius 1 is 1.10 bits per heavy atom. The average molecular weight is 271 g/mol. The Morgan fingerprint density at radius 3 is 2.55 bits per heavy atom. The van der Waals surface area contributed by atoms with E-state index in [1.807, 2.05) is 0 Å². The van der Waals surface area contributed by atoms with Crippen LogP contribution < -0.4 is 5.32 Å². The molecule has 2 atom stereocenters. The van der Waals surface area contributed by atoms with Crippen LogP contribution >= 0.6 is 0 Å². The number of hydrogen-bond donors (Lipinski definition) is 1. The molecule has 1 aliphatic heterocycles. The Labute approximate surface area is 121 Å². The van der Waals surface area contributed by atoms with Gasteiger partial charge >= 0.3 is 0 Å². The van der Waals surface area contributed by atoms with Crippen LogP contribution in [0.15, 0.2) is 18.3 Å². The number of pyridine rings is 1. The molecule has 0 bridgehead atoms. The van der Waals surface area contributed by atoms with Gasteiger partial charge in [-0.05, 0) is 49.1 Å². The van der Waals surface area contributed by atoms with E-state index in [9.17, 15) is 0 Å². The van der Waals surface area contributed by atoms with E-state index in [4.69, 9.17) is 0 Å². The molecule has 1 N–H and O–H groups in total. The van der Waals surface area contributed by atoms with Gasteiger partial charge in [0.15, 0.2) is 0 Å². The minimum atomic E-state index is 0.777. The first-order valence-electron chi connectivity index (χ1n) is 8.26. The van der Waals surface area contributed by atoms with E-state index in [2.05, 4.69) is 33.5 Å². The lowest BCUT2D eigenvalue weighted by Crippen LogP contribution is -2.22. The number of nitrogens with zero attached hydrogens (tertiary/aromatic N) is 2. The van der Waals surface area contributed by atoms with Crippen molar-refractivity contribution in [1.82, 2.24) is 15.2 Å². The predicted octanol–water partition coefficient (Wildman–Crippen LogP) is 2.57. The maximum absolute atomic E-state index is 4.65. The van der Waals surface area contributed by atoms with Crippen molar-refractivity contribution < 1.29 is 0 Å². The second-order valence-corrected chi connectivity index (χ2v) is 6.96. The molecule has 2 saturated carbocycles. The molecular formula is C17H25N3. The fourth-order valence-corrected chi connectivity index (χ4v) is 3.89. The first-order chi connectivity index (χ1) is 9.87. The summed E-state index contributed by atoms with van der Waals surface area (Å²) in [4.78, 5) is 7.26. The normalized spacial score (nSPS) is 29.8. The first-order valence-corrected chi connectivity index (χ1v) is 8.26. The molecular weight excluding hydrogens is 246 g/mol. The third-order valence-corrected chi connectivity index (χ3v) is 5.25. The molecule has 0 spiro atoms. The van der Waals surface area contributed by atoms with Crippen molar-refractivity contribution in [2.45, 2.75) is 51.2 Å². The van der Waals surface area contributed by atoms with Crippen LogP contribution in [0.1, 0.15) is 43.4 Å². The zero-order valence-corrected chi connectivity index (χ0v) is 12.2. The van der Waals surface area contributed by atoms with Crippen molar-refractivity contribution in [3.63, 3.8) is 0 Å². The lowest BCUT2D eigenvalue weighted by Gasteiger charge is -2.16. The molecule has 1 aromatic rings.